The van der Waals surface area contributed by atoms with Crippen molar-refractivity contribution in [1.82, 2.24) is 5.32 Å². The monoisotopic (exact) mass is 489 g/mol. The first kappa shape index (κ1) is 25.2. The maximum atomic E-state index is 13.7. The molecule has 1 aliphatic heterocycles. The van der Waals surface area contributed by atoms with Gasteiger partial charge in [-0.25, -0.2) is 9.59 Å². The fourth-order valence-corrected chi connectivity index (χ4v) is 5.07. The number of carbonyl (C=O) groups excluding carboxylic acids is 3. The molecule has 1 aliphatic carbocycles. The highest BCUT2D eigenvalue weighted by atomic mass is 16.5. The van der Waals surface area contributed by atoms with Crippen LogP contribution in [0.5, 0.6) is 5.75 Å². The Balaban J connectivity index is 1.80. The maximum Gasteiger partial charge on any atom is 0.337 e. The van der Waals surface area contributed by atoms with E-state index in [4.69, 9.17) is 14.2 Å². The lowest BCUT2D eigenvalue weighted by molar-refractivity contribution is -0.143. The molecule has 0 spiro atoms. The first-order chi connectivity index (χ1) is 17.2. The van der Waals surface area contributed by atoms with Gasteiger partial charge in [0.05, 0.1) is 31.5 Å². The van der Waals surface area contributed by atoms with Crippen molar-refractivity contribution in [3.8, 4) is 5.75 Å². The third-order valence-corrected chi connectivity index (χ3v) is 6.63. The Morgan fingerprint density at radius 3 is 2.31 bits per heavy atom. The molecular formula is C29H31NO6. The molecule has 7 nitrogen and oxygen atoms in total. The van der Waals surface area contributed by atoms with Crippen molar-refractivity contribution in [3.63, 3.8) is 0 Å². The van der Waals surface area contributed by atoms with Crippen LogP contribution in [0.4, 0.5) is 0 Å². The van der Waals surface area contributed by atoms with E-state index in [1.807, 2.05) is 31.2 Å². The van der Waals surface area contributed by atoms with Gasteiger partial charge in [0.2, 0.25) is 0 Å². The van der Waals surface area contributed by atoms with E-state index in [-0.39, 0.29) is 17.8 Å². The van der Waals surface area contributed by atoms with Crippen molar-refractivity contribution >= 4 is 17.7 Å². The second kappa shape index (κ2) is 10.4. The molecule has 0 saturated heterocycles. The molecule has 2 atom stereocenters. The number of nitrogens with one attached hydrogen (secondary N) is 1. The number of dihydropyridines is 1. The number of ketones is 1. The summed E-state index contributed by atoms with van der Waals surface area (Å²) in [5.41, 5.74) is 4.51. The van der Waals surface area contributed by atoms with Crippen LogP contribution in [0.15, 0.2) is 71.1 Å². The van der Waals surface area contributed by atoms with Gasteiger partial charge in [-0.05, 0) is 56.5 Å². The summed E-state index contributed by atoms with van der Waals surface area (Å²) in [6, 6.07) is 14.6. The highest BCUT2D eigenvalue weighted by Crippen LogP contribution is 2.47. The SMILES string of the molecule is COC(=O)c1ccc([C@H]2C(C(=O)OC(C)C)=C(C)NC3=C2C(=O)C[C@H](c2ccccc2OC)C3)cc1. The standard InChI is InChI=1S/C29H31NO6/c1-16(2)36-29(33)25-17(3)30-22-14-20(21-8-6-7-9-24(21)34-4)15-23(31)27(22)26(25)18-10-12-19(13-11-18)28(32)35-5/h6-13,16,20,26,30H,14-15H2,1-5H3/t20-,26+/m1/s1. The molecule has 1 heterocycles. The first-order valence-corrected chi connectivity index (χ1v) is 12.0. The first-order valence-electron chi connectivity index (χ1n) is 12.0. The molecule has 0 bridgehead atoms. The summed E-state index contributed by atoms with van der Waals surface area (Å²) >= 11 is 0. The summed E-state index contributed by atoms with van der Waals surface area (Å²) in [6.07, 6.45) is 0.582. The number of esters is 2. The number of rotatable bonds is 6. The minimum Gasteiger partial charge on any atom is -0.496 e. The number of hydrogen-bond acceptors (Lipinski definition) is 7. The number of allylic oxidation sites excluding steroid dienone is 3. The number of benzene rings is 2. The molecule has 0 aromatic heterocycles. The Morgan fingerprint density at radius 2 is 1.67 bits per heavy atom. The summed E-state index contributed by atoms with van der Waals surface area (Å²) in [4.78, 5) is 38.9. The minimum atomic E-state index is -0.606. The van der Waals surface area contributed by atoms with Crippen molar-refractivity contribution in [2.24, 2.45) is 0 Å². The van der Waals surface area contributed by atoms with E-state index in [1.165, 1.54) is 7.11 Å². The van der Waals surface area contributed by atoms with E-state index in [9.17, 15) is 14.4 Å². The molecule has 2 aromatic carbocycles. The quantitative estimate of drug-likeness (QED) is 0.583. The van der Waals surface area contributed by atoms with E-state index in [0.29, 0.717) is 35.2 Å². The smallest absolute Gasteiger partial charge is 0.337 e. The highest BCUT2D eigenvalue weighted by molar-refractivity contribution is 6.04. The van der Waals surface area contributed by atoms with Gasteiger partial charge in [-0.15, -0.1) is 0 Å². The molecule has 36 heavy (non-hydrogen) atoms. The van der Waals surface area contributed by atoms with Crippen molar-refractivity contribution in [1.29, 1.82) is 0 Å². The van der Waals surface area contributed by atoms with Gasteiger partial charge >= 0.3 is 11.9 Å². The number of Topliss-reactive ketones (excluding diaryl/α,β-unsaturated/α-hetero) is 1. The van der Waals surface area contributed by atoms with Crippen molar-refractivity contribution in [2.45, 2.75) is 51.6 Å². The Labute approximate surface area is 211 Å². The van der Waals surface area contributed by atoms with E-state index < -0.39 is 17.9 Å². The van der Waals surface area contributed by atoms with Gasteiger partial charge in [0, 0.05) is 35.2 Å². The van der Waals surface area contributed by atoms with Crippen LogP contribution in [-0.4, -0.2) is 38.0 Å². The van der Waals surface area contributed by atoms with E-state index in [2.05, 4.69) is 5.32 Å². The molecule has 2 aromatic rings. The number of ether oxygens (including phenoxy) is 3. The molecule has 1 N–H and O–H groups in total. The molecule has 0 fully saturated rings. The van der Waals surface area contributed by atoms with Gasteiger partial charge in [-0.3, -0.25) is 4.79 Å². The predicted molar refractivity (Wildman–Crippen MR) is 135 cm³/mol. The van der Waals surface area contributed by atoms with E-state index in [1.54, 1.807) is 45.2 Å². The Hall–Kier alpha value is -3.87. The number of methoxy groups -OCH3 is 2. The second-order valence-electron chi connectivity index (χ2n) is 9.33. The highest BCUT2D eigenvalue weighted by Gasteiger charge is 2.42. The largest absolute Gasteiger partial charge is 0.496 e. The number of carbonyl (C=O) groups is 3. The summed E-state index contributed by atoms with van der Waals surface area (Å²) < 4.78 is 15.9. The fraction of sp³-hybridized carbons (Fsp3) is 0.345. The lowest BCUT2D eigenvalue weighted by Crippen LogP contribution is -2.36. The van der Waals surface area contributed by atoms with Crippen molar-refractivity contribution in [2.75, 3.05) is 14.2 Å². The Kier molecular flexibility index (Phi) is 7.29. The summed E-state index contributed by atoms with van der Waals surface area (Å²) in [5.74, 6) is -0.873. The van der Waals surface area contributed by atoms with Crippen LogP contribution < -0.4 is 10.1 Å². The molecule has 7 heteroatoms. The van der Waals surface area contributed by atoms with Crippen LogP contribution in [0.25, 0.3) is 0 Å². The van der Waals surface area contributed by atoms with Crippen LogP contribution >= 0.6 is 0 Å². The van der Waals surface area contributed by atoms with Crippen LogP contribution in [-0.2, 0) is 19.1 Å². The van der Waals surface area contributed by atoms with Crippen molar-refractivity contribution in [3.05, 3.63) is 87.8 Å². The molecule has 0 saturated carbocycles. The third-order valence-electron chi connectivity index (χ3n) is 6.63. The number of para-hydroxylation sites is 1. The van der Waals surface area contributed by atoms with Crippen LogP contribution in [0, 0.1) is 0 Å². The van der Waals surface area contributed by atoms with E-state index >= 15 is 0 Å². The van der Waals surface area contributed by atoms with Crippen molar-refractivity contribution < 1.29 is 28.6 Å². The summed E-state index contributed by atoms with van der Waals surface area (Å²) in [5, 5.41) is 3.35. The third kappa shape index (κ3) is 4.78. The Morgan fingerprint density at radius 1 is 0.972 bits per heavy atom. The van der Waals surface area contributed by atoms with Crippen LogP contribution in [0.3, 0.4) is 0 Å². The summed E-state index contributed by atoms with van der Waals surface area (Å²) in [7, 11) is 2.95. The maximum absolute atomic E-state index is 13.7. The average molecular weight is 490 g/mol. The summed E-state index contributed by atoms with van der Waals surface area (Å²) in [6.45, 7) is 5.41. The van der Waals surface area contributed by atoms with Crippen LogP contribution in [0.2, 0.25) is 0 Å². The van der Waals surface area contributed by atoms with E-state index in [0.717, 1.165) is 22.6 Å². The Bertz CT molecular complexity index is 1250. The topological polar surface area (TPSA) is 90.9 Å². The zero-order valence-corrected chi connectivity index (χ0v) is 21.2. The molecule has 0 amide bonds. The van der Waals surface area contributed by atoms with Gasteiger partial charge in [0.15, 0.2) is 5.78 Å². The number of hydrogen-bond donors (Lipinski definition) is 1. The van der Waals surface area contributed by atoms with Gasteiger partial charge in [-0.2, -0.15) is 0 Å². The molecular weight excluding hydrogens is 458 g/mol. The molecule has 2 aliphatic rings. The lowest BCUT2D eigenvalue weighted by atomic mass is 9.71. The predicted octanol–water partition coefficient (Wildman–Crippen LogP) is 4.80. The lowest BCUT2D eigenvalue weighted by Gasteiger charge is -2.37. The molecule has 0 radical (unpaired) electrons. The second-order valence-corrected chi connectivity index (χ2v) is 9.33. The molecule has 0 unspecified atom stereocenters. The van der Waals surface area contributed by atoms with Gasteiger partial charge in [0.25, 0.3) is 0 Å². The molecule has 188 valence electrons. The average Bonchev–Trinajstić information content (AvgIpc) is 2.86. The zero-order chi connectivity index (χ0) is 26.0. The molecule has 4 rings (SSSR count). The normalized spacial score (nSPS) is 19.6. The minimum absolute atomic E-state index is 0.0379. The van der Waals surface area contributed by atoms with Crippen LogP contribution in [0.1, 0.15) is 66.9 Å². The van der Waals surface area contributed by atoms with Gasteiger partial charge in [-0.1, -0.05) is 30.3 Å². The zero-order valence-electron chi connectivity index (χ0n) is 21.2. The fourth-order valence-electron chi connectivity index (χ4n) is 5.07. The van der Waals surface area contributed by atoms with Gasteiger partial charge < -0.3 is 19.5 Å². The van der Waals surface area contributed by atoms with Gasteiger partial charge in [0.1, 0.15) is 5.75 Å².